The first-order chi connectivity index (χ1) is 11.1. The van der Waals surface area contributed by atoms with Gasteiger partial charge >= 0.3 is 0 Å². The number of hydrogen-bond acceptors (Lipinski definition) is 4. The summed E-state index contributed by atoms with van der Waals surface area (Å²) in [6, 6.07) is 9.82. The average Bonchev–Trinajstić information content (AvgIpc) is 3.00. The van der Waals surface area contributed by atoms with Crippen LogP contribution in [0.3, 0.4) is 0 Å². The smallest absolute Gasteiger partial charge is 0.276 e. The molecule has 1 aliphatic rings. The van der Waals surface area contributed by atoms with E-state index in [0.717, 1.165) is 17.9 Å². The summed E-state index contributed by atoms with van der Waals surface area (Å²) in [4.78, 5) is 14.0. The lowest BCUT2D eigenvalue weighted by molar-refractivity contribution is 0.0170. The monoisotopic (exact) mass is 314 g/mol. The van der Waals surface area contributed by atoms with Crippen molar-refractivity contribution in [3.05, 3.63) is 47.3 Å². The van der Waals surface area contributed by atoms with E-state index >= 15 is 0 Å². The standard InChI is InChI=1S/C18H22N2O3/c1-4-13-6-5-7-14(8-13)22-15-10-20(11-15)18(21)16-9-17(12(2)3)23-19-16/h5-9,12,15H,4,10-11H2,1-3H3. The Hall–Kier alpha value is -2.30. The van der Waals surface area contributed by atoms with Crippen LogP contribution in [0.1, 0.15) is 48.5 Å². The summed E-state index contributed by atoms with van der Waals surface area (Å²) in [5.41, 5.74) is 1.62. The van der Waals surface area contributed by atoms with Gasteiger partial charge in [-0.15, -0.1) is 0 Å². The van der Waals surface area contributed by atoms with Gasteiger partial charge in [-0.25, -0.2) is 0 Å². The quantitative estimate of drug-likeness (QED) is 0.850. The van der Waals surface area contributed by atoms with Crippen molar-refractivity contribution in [1.29, 1.82) is 0 Å². The molecule has 1 amide bonds. The Morgan fingerprint density at radius 2 is 2.17 bits per heavy atom. The summed E-state index contributed by atoms with van der Waals surface area (Å²) >= 11 is 0. The first kappa shape index (κ1) is 15.6. The Morgan fingerprint density at radius 3 is 2.83 bits per heavy atom. The number of rotatable bonds is 5. The lowest BCUT2D eigenvalue weighted by Gasteiger charge is -2.38. The van der Waals surface area contributed by atoms with Gasteiger partial charge in [0.05, 0.1) is 13.1 Å². The highest BCUT2D eigenvalue weighted by molar-refractivity contribution is 5.92. The zero-order valence-corrected chi connectivity index (χ0v) is 13.8. The van der Waals surface area contributed by atoms with Gasteiger partial charge in [-0.05, 0) is 24.1 Å². The van der Waals surface area contributed by atoms with Crippen LogP contribution < -0.4 is 4.74 Å². The Bertz CT molecular complexity index is 687. The minimum atomic E-state index is -0.0946. The summed E-state index contributed by atoms with van der Waals surface area (Å²) in [6.45, 7) is 7.30. The Kier molecular flexibility index (Phi) is 4.37. The van der Waals surface area contributed by atoms with E-state index in [-0.39, 0.29) is 17.9 Å². The lowest BCUT2D eigenvalue weighted by Crippen LogP contribution is -2.56. The SMILES string of the molecule is CCc1cccc(OC2CN(C(=O)c3cc(C(C)C)on3)C2)c1. The fraction of sp³-hybridized carbons (Fsp3) is 0.444. The molecular formula is C18H22N2O3. The van der Waals surface area contributed by atoms with Crippen LogP contribution in [0.4, 0.5) is 0 Å². The Morgan fingerprint density at radius 1 is 1.39 bits per heavy atom. The molecule has 0 radical (unpaired) electrons. The second-order valence-corrected chi connectivity index (χ2v) is 6.22. The molecule has 1 aromatic carbocycles. The predicted octanol–water partition coefficient (Wildman–Crippen LogP) is 3.26. The van der Waals surface area contributed by atoms with Gasteiger partial charge in [-0.3, -0.25) is 4.79 Å². The van der Waals surface area contributed by atoms with Crippen LogP contribution in [0, 0.1) is 0 Å². The molecule has 0 N–H and O–H groups in total. The van der Waals surface area contributed by atoms with Crippen molar-refractivity contribution in [3.63, 3.8) is 0 Å². The molecule has 0 saturated carbocycles. The van der Waals surface area contributed by atoms with E-state index in [0.29, 0.717) is 18.8 Å². The number of aryl methyl sites for hydroxylation is 1. The molecule has 1 saturated heterocycles. The third kappa shape index (κ3) is 3.38. The zero-order chi connectivity index (χ0) is 16.4. The van der Waals surface area contributed by atoms with Crippen LogP contribution >= 0.6 is 0 Å². The van der Waals surface area contributed by atoms with Gasteiger partial charge in [0, 0.05) is 12.0 Å². The second-order valence-electron chi connectivity index (χ2n) is 6.22. The van der Waals surface area contributed by atoms with Crippen LogP contribution in [0.2, 0.25) is 0 Å². The van der Waals surface area contributed by atoms with Crippen LogP contribution in [-0.4, -0.2) is 35.2 Å². The van der Waals surface area contributed by atoms with E-state index in [9.17, 15) is 4.79 Å². The van der Waals surface area contributed by atoms with Gasteiger partial charge in [0.1, 0.15) is 17.6 Å². The minimum Gasteiger partial charge on any atom is -0.487 e. The van der Waals surface area contributed by atoms with Crippen molar-refractivity contribution in [2.45, 2.75) is 39.2 Å². The van der Waals surface area contributed by atoms with E-state index in [1.165, 1.54) is 5.56 Å². The number of carbonyl (C=O) groups is 1. The molecule has 5 nitrogen and oxygen atoms in total. The summed E-state index contributed by atoms with van der Waals surface area (Å²) in [6.07, 6.45) is 1.03. The van der Waals surface area contributed by atoms with Crippen LogP contribution in [0.25, 0.3) is 0 Å². The molecule has 0 aliphatic carbocycles. The first-order valence-electron chi connectivity index (χ1n) is 8.08. The number of carbonyl (C=O) groups excluding carboxylic acids is 1. The van der Waals surface area contributed by atoms with Crippen molar-refractivity contribution < 1.29 is 14.1 Å². The fourth-order valence-corrected chi connectivity index (χ4v) is 2.53. The van der Waals surface area contributed by atoms with E-state index < -0.39 is 0 Å². The number of amides is 1. The van der Waals surface area contributed by atoms with Gasteiger partial charge in [-0.2, -0.15) is 0 Å². The maximum absolute atomic E-state index is 12.3. The van der Waals surface area contributed by atoms with Crippen LogP contribution in [-0.2, 0) is 6.42 Å². The molecule has 2 aromatic rings. The molecule has 3 rings (SSSR count). The summed E-state index contributed by atoms with van der Waals surface area (Å²) in [5.74, 6) is 1.73. The molecule has 0 bridgehead atoms. The maximum Gasteiger partial charge on any atom is 0.276 e. The molecule has 122 valence electrons. The topological polar surface area (TPSA) is 55.6 Å². The molecule has 0 atom stereocenters. The normalized spacial score (nSPS) is 14.9. The van der Waals surface area contributed by atoms with Crippen molar-refractivity contribution in [3.8, 4) is 5.75 Å². The molecule has 1 fully saturated rings. The Balaban J connectivity index is 1.54. The summed E-state index contributed by atoms with van der Waals surface area (Å²) in [7, 11) is 0. The minimum absolute atomic E-state index is 0.0440. The summed E-state index contributed by atoms with van der Waals surface area (Å²) < 4.78 is 11.1. The average molecular weight is 314 g/mol. The lowest BCUT2D eigenvalue weighted by atomic mass is 10.1. The molecular weight excluding hydrogens is 292 g/mol. The third-order valence-corrected chi connectivity index (χ3v) is 4.06. The van der Waals surface area contributed by atoms with Crippen molar-refractivity contribution in [2.24, 2.45) is 0 Å². The van der Waals surface area contributed by atoms with E-state index in [2.05, 4.69) is 24.2 Å². The van der Waals surface area contributed by atoms with Gasteiger partial charge < -0.3 is 14.2 Å². The highest BCUT2D eigenvalue weighted by atomic mass is 16.5. The summed E-state index contributed by atoms with van der Waals surface area (Å²) in [5, 5.41) is 3.86. The highest BCUT2D eigenvalue weighted by Crippen LogP contribution is 2.22. The second kappa shape index (κ2) is 6.44. The van der Waals surface area contributed by atoms with Crippen molar-refractivity contribution >= 4 is 5.91 Å². The van der Waals surface area contributed by atoms with E-state index in [1.807, 2.05) is 26.0 Å². The number of aromatic nitrogens is 1. The number of ether oxygens (including phenoxy) is 1. The van der Waals surface area contributed by atoms with E-state index in [4.69, 9.17) is 9.26 Å². The Labute approximate surface area is 136 Å². The van der Waals surface area contributed by atoms with Crippen LogP contribution in [0.5, 0.6) is 5.75 Å². The number of nitrogens with zero attached hydrogens (tertiary/aromatic N) is 2. The first-order valence-corrected chi connectivity index (χ1v) is 8.08. The number of likely N-dealkylation sites (tertiary alicyclic amines) is 1. The third-order valence-electron chi connectivity index (χ3n) is 4.06. The molecule has 0 spiro atoms. The van der Waals surface area contributed by atoms with Crippen LogP contribution in [0.15, 0.2) is 34.9 Å². The van der Waals surface area contributed by atoms with Crippen molar-refractivity contribution in [1.82, 2.24) is 10.1 Å². The maximum atomic E-state index is 12.3. The molecule has 1 aliphatic heterocycles. The number of benzene rings is 1. The predicted molar refractivity (Wildman–Crippen MR) is 86.7 cm³/mol. The molecule has 23 heavy (non-hydrogen) atoms. The molecule has 5 heteroatoms. The van der Waals surface area contributed by atoms with E-state index in [1.54, 1.807) is 11.0 Å². The largest absolute Gasteiger partial charge is 0.487 e. The molecule has 2 heterocycles. The zero-order valence-electron chi connectivity index (χ0n) is 13.8. The fourth-order valence-electron chi connectivity index (χ4n) is 2.53. The highest BCUT2D eigenvalue weighted by Gasteiger charge is 2.34. The van der Waals surface area contributed by atoms with Gasteiger partial charge in [0.25, 0.3) is 5.91 Å². The van der Waals surface area contributed by atoms with Gasteiger partial charge in [0.2, 0.25) is 0 Å². The van der Waals surface area contributed by atoms with Gasteiger partial charge in [0.15, 0.2) is 5.69 Å². The van der Waals surface area contributed by atoms with Gasteiger partial charge in [-0.1, -0.05) is 38.1 Å². The molecule has 1 aromatic heterocycles. The number of hydrogen-bond donors (Lipinski definition) is 0. The van der Waals surface area contributed by atoms with Crippen molar-refractivity contribution in [2.75, 3.05) is 13.1 Å². The molecule has 0 unspecified atom stereocenters.